The molecule has 4 nitrogen and oxygen atoms in total. The van der Waals surface area contributed by atoms with Crippen LogP contribution in [0.3, 0.4) is 0 Å². The van der Waals surface area contributed by atoms with Crippen LogP contribution in [0.2, 0.25) is 0 Å². The van der Waals surface area contributed by atoms with Gasteiger partial charge in [-0.1, -0.05) is 12.1 Å². The van der Waals surface area contributed by atoms with Crippen molar-refractivity contribution < 1.29 is 14.3 Å². The van der Waals surface area contributed by atoms with Crippen molar-refractivity contribution >= 4 is 11.6 Å². The number of carbonyl (C=O) groups is 1. The molecule has 26 heavy (non-hydrogen) atoms. The van der Waals surface area contributed by atoms with Gasteiger partial charge in [0.2, 0.25) is 0 Å². The number of carbonyl (C=O) groups excluding carboxylic acids is 1. The first-order chi connectivity index (χ1) is 12.5. The van der Waals surface area contributed by atoms with Crippen molar-refractivity contribution in [2.75, 3.05) is 5.32 Å². The van der Waals surface area contributed by atoms with Gasteiger partial charge in [0.25, 0.3) is 5.91 Å². The molecule has 138 valence electrons. The summed E-state index contributed by atoms with van der Waals surface area (Å²) in [7, 11) is 0. The third-order valence-electron chi connectivity index (χ3n) is 4.74. The molecule has 1 atom stereocenters. The van der Waals surface area contributed by atoms with Crippen molar-refractivity contribution in [3.63, 3.8) is 0 Å². The molecular weight excluding hydrogens is 326 g/mol. The standard InChI is InChI=1S/C22H27NO3/c1-15-8-9-16(2)21(14-15)25-17(3)22(24)23-18-10-12-20(13-11-18)26-19-6-4-5-7-19/h8-14,17,19H,4-7H2,1-3H3,(H,23,24). The van der Waals surface area contributed by atoms with Gasteiger partial charge in [-0.05, 0) is 87.9 Å². The highest BCUT2D eigenvalue weighted by Gasteiger charge is 2.18. The average Bonchev–Trinajstić information content (AvgIpc) is 3.13. The lowest BCUT2D eigenvalue weighted by Gasteiger charge is -2.17. The summed E-state index contributed by atoms with van der Waals surface area (Å²) in [6.07, 6.45) is 4.51. The van der Waals surface area contributed by atoms with Crippen molar-refractivity contribution in [3.05, 3.63) is 53.6 Å². The first-order valence-electron chi connectivity index (χ1n) is 9.33. The van der Waals surface area contributed by atoms with E-state index in [0.29, 0.717) is 6.10 Å². The smallest absolute Gasteiger partial charge is 0.265 e. The molecule has 2 aromatic rings. The maximum Gasteiger partial charge on any atom is 0.265 e. The van der Waals surface area contributed by atoms with E-state index in [2.05, 4.69) is 5.32 Å². The van der Waals surface area contributed by atoms with Crippen LogP contribution in [0.25, 0.3) is 0 Å². The second kappa shape index (κ2) is 8.26. The van der Waals surface area contributed by atoms with E-state index in [0.717, 1.165) is 41.2 Å². The van der Waals surface area contributed by atoms with Crippen LogP contribution in [0, 0.1) is 13.8 Å². The van der Waals surface area contributed by atoms with Gasteiger partial charge in [-0.25, -0.2) is 0 Å². The van der Waals surface area contributed by atoms with Crippen molar-refractivity contribution in [2.45, 2.75) is 58.7 Å². The summed E-state index contributed by atoms with van der Waals surface area (Å²) >= 11 is 0. The number of aryl methyl sites for hydroxylation is 2. The summed E-state index contributed by atoms with van der Waals surface area (Å²) in [6.45, 7) is 5.74. The predicted octanol–water partition coefficient (Wildman–Crippen LogP) is 5.03. The van der Waals surface area contributed by atoms with E-state index in [9.17, 15) is 4.79 Å². The van der Waals surface area contributed by atoms with Crippen molar-refractivity contribution in [1.29, 1.82) is 0 Å². The fraction of sp³-hybridized carbons (Fsp3) is 0.409. The van der Waals surface area contributed by atoms with E-state index in [1.807, 2.05) is 56.3 Å². The molecule has 3 rings (SSSR count). The lowest BCUT2D eigenvalue weighted by molar-refractivity contribution is -0.122. The Morgan fingerprint density at radius 3 is 2.46 bits per heavy atom. The Bertz CT molecular complexity index is 748. The fourth-order valence-corrected chi connectivity index (χ4v) is 3.14. The first kappa shape index (κ1) is 18.3. The number of nitrogens with one attached hydrogen (secondary N) is 1. The minimum absolute atomic E-state index is 0.171. The molecule has 0 saturated heterocycles. The molecule has 0 heterocycles. The third kappa shape index (κ3) is 4.78. The Balaban J connectivity index is 1.55. The predicted molar refractivity (Wildman–Crippen MR) is 104 cm³/mol. The summed E-state index contributed by atoms with van der Waals surface area (Å²) in [5.41, 5.74) is 2.87. The second-order valence-corrected chi connectivity index (χ2v) is 7.07. The van der Waals surface area contributed by atoms with Crippen LogP contribution in [-0.4, -0.2) is 18.1 Å². The van der Waals surface area contributed by atoms with Crippen LogP contribution in [0.1, 0.15) is 43.7 Å². The zero-order valence-corrected chi connectivity index (χ0v) is 15.7. The van der Waals surface area contributed by atoms with E-state index >= 15 is 0 Å². The van der Waals surface area contributed by atoms with E-state index in [-0.39, 0.29) is 5.91 Å². The van der Waals surface area contributed by atoms with Crippen LogP contribution in [0.15, 0.2) is 42.5 Å². The Hall–Kier alpha value is -2.49. The lowest BCUT2D eigenvalue weighted by atomic mass is 10.1. The van der Waals surface area contributed by atoms with Gasteiger partial charge in [0.05, 0.1) is 6.10 Å². The molecule has 0 aromatic heterocycles. The normalized spacial score (nSPS) is 15.5. The Labute approximate surface area is 155 Å². The number of ether oxygens (including phenoxy) is 2. The van der Waals surface area contributed by atoms with Gasteiger partial charge in [0.1, 0.15) is 11.5 Å². The molecule has 0 spiro atoms. The van der Waals surface area contributed by atoms with Crippen LogP contribution in [-0.2, 0) is 4.79 Å². The van der Waals surface area contributed by atoms with E-state index in [1.54, 1.807) is 6.92 Å². The minimum atomic E-state index is -0.579. The van der Waals surface area contributed by atoms with Gasteiger partial charge in [0, 0.05) is 5.69 Å². The molecule has 2 aromatic carbocycles. The third-order valence-corrected chi connectivity index (χ3v) is 4.74. The van der Waals surface area contributed by atoms with Gasteiger partial charge >= 0.3 is 0 Å². The topological polar surface area (TPSA) is 47.6 Å². The molecule has 1 saturated carbocycles. The Morgan fingerprint density at radius 1 is 1.08 bits per heavy atom. The molecular formula is C22H27NO3. The number of hydrogen-bond donors (Lipinski definition) is 1. The van der Waals surface area contributed by atoms with Gasteiger partial charge in [0.15, 0.2) is 6.10 Å². The highest BCUT2D eigenvalue weighted by atomic mass is 16.5. The maximum absolute atomic E-state index is 12.4. The number of amides is 1. The van der Waals surface area contributed by atoms with Crippen molar-refractivity contribution in [3.8, 4) is 11.5 Å². The van der Waals surface area contributed by atoms with E-state index in [4.69, 9.17) is 9.47 Å². The first-order valence-corrected chi connectivity index (χ1v) is 9.33. The van der Waals surface area contributed by atoms with Gasteiger partial charge in [-0.2, -0.15) is 0 Å². The van der Waals surface area contributed by atoms with Crippen molar-refractivity contribution in [1.82, 2.24) is 0 Å². The monoisotopic (exact) mass is 353 g/mol. The molecule has 0 radical (unpaired) electrons. The zero-order chi connectivity index (χ0) is 18.5. The average molecular weight is 353 g/mol. The Morgan fingerprint density at radius 2 is 1.77 bits per heavy atom. The van der Waals surface area contributed by atoms with Gasteiger partial charge < -0.3 is 14.8 Å². The summed E-state index contributed by atoms with van der Waals surface area (Å²) < 4.78 is 11.8. The van der Waals surface area contributed by atoms with Gasteiger partial charge in [-0.15, -0.1) is 0 Å². The summed E-state index contributed by atoms with van der Waals surface area (Å²) in [5.74, 6) is 1.43. The van der Waals surface area contributed by atoms with Gasteiger partial charge in [-0.3, -0.25) is 4.79 Å². The quantitative estimate of drug-likeness (QED) is 0.792. The molecule has 1 fully saturated rings. The second-order valence-electron chi connectivity index (χ2n) is 7.07. The fourth-order valence-electron chi connectivity index (χ4n) is 3.14. The molecule has 1 N–H and O–H groups in total. The molecule has 1 amide bonds. The molecule has 4 heteroatoms. The maximum atomic E-state index is 12.4. The minimum Gasteiger partial charge on any atom is -0.490 e. The van der Waals surface area contributed by atoms with Crippen molar-refractivity contribution in [2.24, 2.45) is 0 Å². The van der Waals surface area contributed by atoms with E-state index < -0.39 is 6.10 Å². The summed E-state index contributed by atoms with van der Waals surface area (Å²) in [4.78, 5) is 12.4. The largest absolute Gasteiger partial charge is 0.490 e. The number of anilines is 1. The molecule has 0 aliphatic heterocycles. The van der Waals surface area contributed by atoms with Crippen LogP contribution in [0.4, 0.5) is 5.69 Å². The summed E-state index contributed by atoms with van der Waals surface area (Å²) in [6, 6.07) is 13.5. The number of rotatable bonds is 6. The summed E-state index contributed by atoms with van der Waals surface area (Å²) in [5, 5.41) is 2.90. The molecule has 1 unspecified atom stereocenters. The van der Waals surface area contributed by atoms with Crippen LogP contribution in [0.5, 0.6) is 11.5 Å². The Kier molecular flexibility index (Phi) is 5.82. The highest BCUT2D eigenvalue weighted by molar-refractivity contribution is 5.94. The molecule has 0 bridgehead atoms. The molecule has 1 aliphatic rings. The lowest BCUT2D eigenvalue weighted by Crippen LogP contribution is -2.30. The van der Waals surface area contributed by atoms with Crippen LogP contribution >= 0.6 is 0 Å². The van der Waals surface area contributed by atoms with Crippen LogP contribution < -0.4 is 14.8 Å². The SMILES string of the molecule is Cc1ccc(C)c(OC(C)C(=O)Nc2ccc(OC3CCCC3)cc2)c1. The highest BCUT2D eigenvalue weighted by Crippen LogP contribution is 2.25. The number of benzene rings is 2. The molecule has 1 aliphatic carbocycles. The number of hydrogen-bond acceptors (Lipinski definition) is 3. The zero-order valence-electron chi connectivity index (χ0n) is 15.7. The van der Waals surface area contributed by atoms with E-state index in [1.165, 1.54) is 12.8 Å².